The summed E-state index contributed by atoms with van der Waals surface area (Å²) in [6.07, 6.45) is 3.61. The lowest BCUT2D eigenvalue weighted by Gasteiger charge is -2.10. The molecule has 3 nitrogen and oxygen atoms in total. The topological polar surface area (TPSA) is 55.1 Å². The van der Waals surface area contributed by atoms with Gasteiger partial charge in [-0.2, -0.15) is 0 Å². The lowest BCUT2D eigenvalue weighted by molar-refractivity contribution is -0.120. The summed E-state index contributed by atoms with van der Waals surface area (Å²) in [5, 5.41) is -0.149. The highest BCUT2D eigenvalue weighted by Crippen LogP contribution is 2.29. The fourth-order valence-corrected chi connectivity index (χ4v) is 2.94. The number of rotatable bonds is 3. The van der Waals surface area contributed by atoms with Crippen LogP contribution in [0.5, 0.6) is 0 Å². The fraction of sp³-hybridized carbons (Fsp3) is 0.417. The molecule has 0 heterocycles. The van der Waals surface area contributed by atoms with E-state index in [1.807, 2.05) is 6.92 Å². The summed E-state index contributed by atoms with van der Waals surface area (Å²) in [4.78, 5) is 12.4. The number of fused-ring (bicyclic) bond motifs is 1. The standard InChI is InChI=1S/C12H16N2OS/c1-8(12(15)14-13)16-11-6-5-9-3-2-4-10(9)7-11/h5-8H,2-4,13H2,1H3,(H,14,15). The van der Waals surface area contributed by atoms with Crippen molar-refractivity contribution in [3.8, 4) is 0 Å². The molecule has 1 aliphatic carbocycles. The van der Waals surface area contributed by atoms with E-state index in [1.54, 1.807) is 11.8 Å². The second kappa shape index (κ2) is 4.89. The molecule has 0 saturated heterocycles. The minimum absolute atomic E-state index is 0.134. The van der Waals surface area contributed by atoms with Gasteiger partial charge in [-0.1, -0.05) is 6.07 Å². The van der Waals surface area contributed by atoms with Crippen LogP contribution in [-0.2, 0) is 17.6 Å². The minimum Gasteiger partial charge on any atom is -0.293 e. The van der Waals surface area contributed by atoms with Crippen molar-refractivity contribution >= 4 is 17.7 Å². The number of carbonyl (C=O) groups excluding carboxylic acids is 1. The summed E-state index contributed by atoms with van der Waals surface area (Å²) in [5.74, 6) is 4.97. The molecular weight excluding hydrogens is 220 g/mol. The van der Waals surface area contributed by atoms with Crippen LogP contribution in [0.3, 0.4) is 0 Å². The number of carbonyl (C=O) groups is 1. The summed E-state index contributed by atoms with van der Waals surface area (Å²) >= 11 is 1.55. The molecule has 0 aromatic heterocycles. The van der Waals surface area contributed by atoms with E-state index in [-0.39, 0.29) is 11.2 Å². The third-order valence-corrected chi connectivity index (χ3v) is 3.99. The Morgan fingerprint density at radius 3 is 2.94 bits per heavy atom. The Hall–Kier alpha value is -1.00. The Bertz CT molecular complexity index is 406. The van der Waals surface area contributed by atoms with E-state index >= 15 is 0 Å². The van der Waals surface area contributed by atoms with Crippen LogP contribution in [0.2, 0.25) is 0 Å². The lowest BCUT2D eigenvalue weighted by Crippen LogP contribution is -2.36. The molecule has 2 rings (SSSR count). The van der Waals surface area contributed by atoms with Crippen LogP contribution in [0, 0.1) is 0 Å². The van der Waals surface area contributed by atoms with Gasteiger partial charge >= 0.3 is 0 Å². The van der Waals surface area contributed by atoms with Gasteiger partial charge in [-0.3, -0.25) is 10.2 Å². The third kappa shape index (κ3) is 2.39. The van der Waals surface area contributed by atoms with Gasteiger partial charge in [0, 0.05) is 4.90 Å². The Labute approximate surface area is 99.8 Å². The van der Waals surface area contributed by atoms with E-state index in [0.29, 0.717) is 0 Å². The molecule has 86 valence electrons. The molecule has 0 radical (unpaired) electrons. The first kappa shape index (κ1) is 11.5. The van der Waals surface area contributed by atoms with E-state index in [0.717, 1.165) is 4.90 Å². The highest BCUT2D eigenvalue weighted by molar-refractivity contribution is 8.00. The molecule has 4 heteroatoms. The zero-order chi connectivity index (χ0) is 11.5. The molecule has 0 fully saturated rings. The van der Waals surface area contributed by atoms with Crippen molar-refractivity contribution in [2.24, 2.45) is 5.84 Å². The molecule has 1 aromatic rings. The van der Waals surface area contributed by atoms with Gasteiger partial charge in [0.1, 0.15) is 0 Å². The first-order valence-electron chi connectivity index (χ1n) is 5.49. The molecule has 0 saturated carbocycles. The third-order valence-electron chi connectivity index (χ3n) is 2.89. The molecule has 1 unspecified atom stereocenters. The zero-order valence-electron chi connectivity index (χ0n) is 9.32. The number of hydrazine groups is 1. The maximum atomic E-state index is 11.3. The highest BCUT2D eigenvalue weighted by atomic mass is 32.2. The van der Waals surface area contributed by atoms with Crippen molar-refractivity contribution in [2.45, 2.75) is 36.3 Å². The van der Waals surface area contributed by atoms with Crippen LogP contribution in [-0.4, -0.2) is 11.2 Å². The summed E-state index contributed by atoms with van der Waals surface area (Å²) in [6, 6.07) is 6.47. The summed E-state index contributed by atoms with van der Waals surface area (Å²) in [7, 11) is 0. The van der Waals surface area contributed by atoms with Crippen LogP contribution < -0.4 is 11.3 Å². The largest absolute Gasteiger partial charge is 0.293 e. The van der Waals surface area contributed by atoms with Crippen LogP contribution in [0.15, 0.2) is 23.1 Å². The molecule has 1 aliphatic rings. The predicted molar refractivity (Wildman–Crippen MR) is 66.1 cm³/mol. The highest BCUT2D eigenvalue weighted by Gasteiger charge is 2.15. The van der Waals surface area contributed by atoms with Crippen LogP contribution in [0.25, 0.3) is 0 Å². The summed E-state index contributed by atoms with van der Waals surface area (Å²) in [6.45, 7) is 1.86. The van der Waals surface area contributed by atoms with E-state index in [1.165, 1.54) is 30.4 Å². The number of amides is 1. The van der Waals surface area contributed by atoms with Crippen molar-refractivity contribution in [2.75, 3.05) is 0 Å². The average Bonchev–Trinajstić information content (AvgIpc) is 2.75. The van der Waals surface area contributed by atoms with Gasteiger partial charge in [0.25, 0.3) is 0 Å². The van der Waals surface area contributed by atoms with Crippen LogP contribution in [0.4, 0.5) is 0 Å². The van der Waals surface area contributed by atoms with Gasteiger partial charge in [0.05, 0.1) is 5.25 Å². The molecule has 0 bridgehead atoms. The lowest BCUT2D eigenvalue weighted by atomic mass is 10.1. The van der Waals surface area contributed by atoms with E-state index in [9.17, 15) is 4.79 Å². The summed E-state index contributed by atoms with van der Waals surface area (Å²) < 4.78 is 0. The van der Waals surface area contributed by atoms with E-state index in [4.69, 9.17) is 5.84 Å². The van der Waals surface area contributed by atoms with Gasteiger partial charge in [0.15, 0.2) is 0 Å². The molecule has 0 spiro atoms. The summed E-state index contributed by atoms with van der Waals surface area (Å²) in [5.41, 5.74) is 5.07. The predicted octanol–water partition coefficient (Wildman–Crippen LogP) is 1.65. The van der Waals surface area contributed by atoms with Crippen molar-refractivity contribution in [1.82, 2.24) is 5.43 Å². The number of benzene rings is 1. The normalized spacial score (nSPS) is 15.6. The van der Waals surface area contributed by atoms with Crippen molar-refractivity contribution in [3.05, 3.63) is 29.3 Å². The Balaban J connectivity index is 2.08. The quantitative estimate of drug-likeness (QED) is 0.363. The molecule has 1 amide bonds. The van der Waals surface area contributed by atoms with Crippen molar-refractivity contribution in [1.29, 1.82) is 0 Å². The van der Waals surface area contributed by atoms with E-state index in [2.05, 4.69) is 23.6 Å². The van der Waals surface area contributed by atoms with E-state index < -0.39 is 0 Å². The maximum absolute atomic E-state index is 11.3. The SMILES string of the molecule is CC(Sc1ccc2c(c1)CCC2)C(=O)NN. The molecule has 3 N–H and O–H groups in total. The number of aryl methyl sites for hydroxylation is 2. The molecule has 16 heavy (non-hydrogen) atoms. The average molecular weight is 236 g/mol. The number of hydrogen-bond acceptors (Lipinski definition) is 3. The minimum atomic E-state index is -0.149. The van der Waals surface area contributed by atoms with Gasteiger partial charge in [-0.25, -0.2) is 5.84 Å². The second-order valence-corrected chi connectivity index (χ2v) is 5.47. The van der Waals surface area contributed by atoms with Gasteiger partial charge in [0.2, 0.25) is 5.91 Å². The molecule has 1 atom stereocenters. The number of hydrogen-bond donors (Lipinski definition) is 2. The number of nitrogens with two attached hydrogens (primary N) is 1. The zero-order valence-corrected chi connectivity index (χ0v) is 10.1. The Morgan fingerprint density at radius 2 is 2.19 bits per heavy atom. The van der Waals surface area contributed by atoms with Crippen LogP contribution >= 0.6 is 11.8 Å². The first-order chi connectivity index (χ1) is 7.70. The molecule has 0 aliphatic heterocycles. The van der Waals surface area contributed by atoms with Crippen molar-refractivity contribution < 1.29 is 4.79 Å². The number of nitrogens with one attached hydrogen (secondary N) is 1. The van der Waals surface area contributed by atoms with Crippen LogP contribution in [0.1, 0.15) is 24.5 Å². The molecular formula is C12H16N2OS. The van der Waals surface area contributed by atoms with Crippen molar-refractivity contribution in [3.63, 3.8) is 0 Å². The maximum Gasteiger partial charge on any atom is 0.247 e. The number of thioether (sulfide) groups is 1. The Morgan fingerprint density at radius 1 is 1.44 bits per heavy atom. The first-order valence-corrected chi connectivity index (χ1v) is 6.37. The van der Waals surface area contributed by atoms with Gasteiger partial charge < -0.3 is 0 Å². The van der Waals surface area contributed by atoms with Gasteiger partial charge in [-0.15, -0.1) is 11.8 Å². The fourth-order valence-electron chi connectivity index (χ4n) is 2.00. The molecule has 1 aromatic carbocycles. The Kier molecular flexibility index (Phi) is 3.51. The smallest absolute Gasteiger partial charge is 0.247 e. The van der Waals surface area contributed by atoms with Gasteiger partial charge in [-0.05, 0) is 49.4 Å². The monoisotopic (exact) mass is 236 g/mol. The second-order valence-electron chi connectivity index (χ2n) is 4.05.